The van der Waals surface area contributed by atoms with E-state index in [4.69, 9.17) is 9.73 Å². The number of hydrogen-bond acceptors (Lipinski definition) is 7. The van der Waals surface area contributed by atoms with E-state index in [9.17, 15) is 18.3 Å². The van der Waals surface area contributed by atoms with E-state index in [1.165, 1.54) is 19.2 Å². The van der Waals surface area contributed by atoms with Crippen molar-refractivity contribution in [1.29, 1.82) is 0 Å². The molecule has 4 aromatic rings. The summed E-state index contributed by atoms with van der Waals surface area (Å²) in [6.07, 6.45) is 0. The highest BCUT2D eigenvalue weighted by atomic mass is 32.2. The van der Waals surface area contributed by atoms with Crippen LogP contribution in [-0.2, 0) is 14.8 Å². The Kier molecular flexibility index (Phi) is 7.96. The smallest absolute Gasteiger partial charge is 0.338 e. The van der Waals surface area contributed by atoms with Crippen LogP contribution < -0.4 is 4.72 Å². The van der Waals surface area contributed by atoms with E-state index >= 15 is 0 Å². The maximum absolute atomic E-state index is 12.6. The molecule has 9 nitrogen and oxygen atoms in total. The first-order valence-electron chi connectivity index (χ1n) is 11.9. The van der Waals surface area contributed by atoms with Crippen molar-refractivity contribution >= 4 is 38.3 Å². The summed E-state index contributed by atoms with van der Waals surface area (Å²) in [6, 6.07) is 19.1. The lowest BCUT2D eigenvalue weighted by Crippen LogP contribution is -2.31. The second-order valence-electron chi connectivity index (χ2n) is 9.07. The number of nitrogens with zero attached hydrogens (tertiary/aromatic N) is 2. The number of carbonyl (C=O) groups is 1. The number of methoxy groups -OCH3 is 1. The molecule has 0 saturated heterocycles. The van der Waals surface area contributed by atoms with Crippen LogP contribution in [0.3, 0.4) is 0 Å². The van der Waals surface area contributed by atoms with Crippen molar-refractivity contribution in [2.75, 3.05) is 34.3 Å². The Morgan fingerprint density at radius 3 is 2.39 bits per heavy atom. The van der Waals surface area contributed by atoms with Gasteiger partial charge in [0.15, 0.2) is 5.88 Å². The van der Waals surface area contributed by atoms with Gasteiger partial charge < -0.3 is 19.7 Å². The van der Waals surface area contributed by atoms with E-state index in [0.717, 1.165) is 5.56 Å². The van der Waals surface area contributed by atoms with E-state index in [-0.39, 0.29) is 10.8 Å². The van der Waals surface area contributed by atoms with Gasteiger partial charge in [0, 0.05) is 29.6 Å². The molecule has 0 fully saturated rings. The number of H-pyrrole nitrogens is 1. The van der Waals surface area contributed by atoms with Gasteiger partial charge in [0.25, 0.3) is 0 Å². The molecule has 198 valence electrons. The zero-order chi connectivity index (χ0) is 27.4. The van der Waals surface area contributed by atoms with E-state index in [1.807, 2.05) is 49.3 Å². The molecule has 0 bridgehead atoms. The summed E-state index contributed by atoms with van der Waals surface area (Å²) >= 11 is 0. The Hall–Kier alpha value is -3.99. The van der Waals surface area contributed by atoms with Gasteiger partial charge in [-0.1, -0.05) is 30.3 Å². The quantitative estimate of drug-likeness (QED) is 0.220. The van der Waals surface area contributed by atoms with Crippen LogP contribution in [0.15, 0.2) is 76.6 Å². The van der Waals surface area contributed by atoms with Crippen LogP contribution in [0, 0.1) is 6.92 Å². The largest absolute Gasteiger partial charge is 0.494 e. The highest BCUT2D eigenvalue weighted by molar-refractivity contribution is 7.89. The Bertz CT molecular complexity index is 1590. The molecule has 38 heavy (non-hydrogen) atoms. The third kappa shape index (κ3) is 5.77. The van der Waals surface area contributed by atoms with E-state index in [2.05, 4.69) is 9.71 Å². The number of fused-ring (bicyclic) bond motifs is 1. The maximum Gasteiger partial charge on any atom is 0.338 e. The summed E-state index contributed by atoms with van der Waals surface area (Å²) in [5.41, 5.74) is 3.84. The molecule has 1 heterocycles. The fraction of sp³-hybridized carbons (Fsp3) is 0.214. The zero-order valence-electron chi connectivity index (χ0n) is 21.6. The SMILES string of the molecule is COC(=O)c1cc2[nH]c(O)c(C(=Nc3ccc(S(=O)(=O)NCCN(C)C)cc3)c3ccccc3)c2cc1C. The standard InChI is InChI=1S/C28H30N4O5S/c1-18-16-23-24(17-22(18)28(34)37-4)31-27(33)25(23)26(19-8-6-5-7-9-19)30-20-10-12-21(13-11-20)38(35,36)29-14-15-32(2)3/h5-13,16-17,29,31,33H,14-15H2,1-4H3. The predicted molar refractivity (Wildman–Crippen MR) is 148 cm³/mol. The lowest BCUT2D eigenvalue weighted by Gasteiger charge is -2.11. The van der Waals surface area contributed by atoms with Gasteiger partial charge in [-0.3, -0.25) is 0 Å². The molecule has 0 unspecified atom stereocenters. The molecule has 10 heteroatoms. The lowest BCUT2D eigenvalue weighted by atomic mass is 9.98. The van der Waals surface area contributed by atoms with E-state index in [1.54, 1.807) is 31.2 Å². The van der Waals surface area contributed by atoms with Crippen LogP contribution in [0.4, 0.5) is 5.69 Å². The van der Waals surface area contributed by atoms with Gasteiger partial charge >= 0.3 is 5.97 Å². The number of aliphatic imine (C=N–C) groups is 1. The monoisotopic (exact) mass is 534 g/mol. The van der Waals surface area contributed by atoms with Crippen LogP contribution in [0.5, 0.6) is 5.88 Å². The van der Waals surface area contributed by atoms with E-state index < -0.39 is 16.0 Å². The van der Waals surface area contributed by atoms with Gasteiger partial charge in [0.2, 0.25) is 10.0 Å². The van der Waals surface area contributed by atoms with E-state index in [0.29, 0.717) is 52.1 Å². The zero-order valence-corrected chi connectivity index (χ0v) is 22.5. The number of hydrogen-bond donors (Lipinski definition) is 3. The van der Waals surface area contributed by atoms with Gasteiger partial charge in [-0.05, 0) is 63.0 Å². The number of esters is 1. The number of sulfonamides is 1. The minimum absolute atomic E-state index is 0.103. The second kappa shape index (κ2) is 11.2. The number of aromatic nitrogens is 1. The Labute approximate surface area is 221 Å². The van der Waals surface area contributed by atoms with Crippen LogP contribution in [-0.4, -0.2) is 69.4 Å². The molecule has 0 aliphatic rings. The number of aromatic hydroxyl groups is 1. The third-order valence-electron chi connectivity index (χ3n) is 6.05. The highest BCUT2D eigenvalue weighted by Gasteiger charge is 2.21. The number of nitrogens with one attached hydrogen (secondary N) is 2. The fourth-order valence-corrected chi connectivity index (χ4v) is 5.10. The van der Waals surface area contributed by atoms with Crippen LogP contribution >= 0.6 is 0 Å². The van der Waals surface area contributed by atoms with Crippen LogP contribution in [0.1, 0.15) is 27.0 Å². The first-order valence-corrected chi connectivity index (χ1v) is 13.4. The fourth-order valence-electron chi connectivity index (χ4n) is 4.08. The molecule has 1 aromatic heterocycles. The molecule has 4 rings (SSSR count). The van der Waals surface area contributed by atoms with Gasteiger partial charge in [0.05, 0.1) is 34.5 Å². The van der Waals surface area contributed by atoms with Crippen LogP contribution in [0.25, 0.3) is 10.9 Å². The predicted octanol–water partition coefficient (Wildman–Crippen LogP) is 3.98. The Morgan fingerprint density at radius 1 is 1.08 bits per heavy atom. The normalized spacial score (nSPS) is 12.3. The molecule has 3 N–H and O–H groups in total. The Balaban J connectivity index is 1.79. The molecular formula is C28H30N4O5S. The van der Waals surface area contributed by atoms with Crippen molar-refractivity contribution in [3.63, 3.8) is 0 Å². The van der Waals surface area contributed by atoms with Crippen molar-refractivity contribution in [2.45, 2.75) is 11.8 Å². The summed E-state index contributed by atoms with van der Waals surface area (Å²) in [5, 5.41) is 11.6. The Morgan fingerprint density at radius 2 is 1.76 bits per heavy atom. The summed E-state index contributed by atoms with van der Waals surface area (Å²) < 4.78 is 32.7. The second-order valence-corrected chi connectivity index (χ2v) is 10.8. The topological polar surface area (TPSA) is 124 Å². The lowest BCUT2D eigenvalue weighted by molar-refractivity contribution is 0.0600. The molecule has 3 aromatic carbocycles. The average Bonchev–Trinajstić information content (AvgIpc) is 3.21. The van der Waals surface area contributed by atoms with Crippen molar-refractivity contribution in [1.82, 2.24) is 14.6 Å². The number of aromatic amines is 1. The van der Waals surface area contributed by atoms with Crippen molar-refractivity contribution < 1.29 is 23.1 Å². The molecule has 0 spiro atoms. The van der Waals surface area contributed by atoms with Gasteiger partial charge in [0.1, 0.15) is 0 Å². The number of aryl methyl sites for hydroxylation is 1. The summed E-state index contributed by atoms with van der Waals surface area (Å²) in [6.45, 7) is 2.67. The molecule has 0 aliphatic carbocycles. The first kappa shape index (κ1) is 27.1. The molecule has 0 aliphatic heterocycles. The first-order chi connectivity index (χ1) is 18.1. The van der Waals surface area contributed by atoms with Crippen molar-refractivity contribution in [2.24, 2.45) is 4.99 Å². The van der Waals surface area contributed by atoms with Gasteiger partial charge in [-0.25, -0.2) is 22.9 Å². The molecule has 0 radical (unpaired) electrons. The number of rotatable bonds is 9. The number of benzene rings is 3. The van der Waals surface area contributed by atoms with Gasteiger partial charge in [-0.15, -0.1) is 0 Å². The highest BCUT2D eigenvalue weighted by Crippen LogP contribution is 2.33. The minimum Gasteiger partial charge on any atom is -0.494 e. The minimum atomic E-state index is -3.66. The number of likely N-dealkylation sites (N-methyl/N-ethyl adjacent to an activating group) is 1. The molecule has 0 atom stereocenters. The average molecular weight is 535 g/mol. The molecular weight excluding hydrogens is 504 g/mol. The maximum atomic E-state index is 12.6. The number of carbonyl (C=O) groups excluding carboxylic acids is 1. The summed E-state index contributed by atoms with van der Waals surface area (Å²) in [4.78, 5) is 22.0. The van der Waals surface area contributed by atoms with Crippen molar-refractivity contribution in [3.8, 4) is 5.88 Å². The molecule has 0 amide bonds. The van der Waals surface area contributed by atoms with Crippen LogP contribution in [0.2, 0.25) is 0 Å². The number of ether oxygens (including phenoxy) is 1. The van der Waals surface area contributed by atoms with Gasteiger partial charge in [-0.2, -0.15) is 0 Å². The summed E-state index contributed by atoms with van der Waals surface area (Å²) in [5.74, 6) is -0.573. The molecule has 0 saturated carbocycles. The third-order valence-corrected chi connectivity index (χ3v) is 7.53. The van der Waals surface area contributed by atoms with Crippen molar-refractivity contribution in [3.05, 3.63) is 89.0 Å². The summed E-state index contributed by atoms with van der Waals surface area (Å²) in [7, 11) is 1.40.